The highest BCUT2D eigenvalue weighted by molar-refractivity contribution is 7.99. The quantitative estimate of drug-likeness (QED) is 0.769. The zero-order chi connectivity index (χ0) is 16.1. The van der Waals surface area contributed by atoms with Crippen molar-refractivity contribution in [1.82, 2.24) is 19.7 Å². The molecule has 0 aliphatic carbocycles. The van der Waals surface area contributed by atoms with Gasteiger partial charge in [-0.05, 0) is 39.3 Å². The van der Waals surface area contributed by atoms with Crippen molar-refractivity contribution in [3.05, 3.63) is 35.7 Å². The number of rotatable bonds is 6. The average Bonchev–Trinajstić information content (AvgIpc) is 2.88. The summed E-state index contributed by atoms with van der Waals surface area (Å²) < 4.78 is 2.01. The molecular weight excluding hydrogens is 296 g/mol. The fourth-order valence-corrected chi connectivity index (χ4v) is 3.22. The van der Waals surface area contributed by atoms with Gasteiger partial charge in [-0.2, -0.15) is 0 Å². The standard InChI is InChI=1S/C16H22N4OS/c1-5-19(6-2)15(21)11-22-16-18-17-13(4)20(16)14-10-8-7-9-12(14)3/h7-10H,5-6,11H2,1-4H3. The number of carbonyl (C=O) groups excluding carboxylic acids is 1. The molecule has 118 valence electrons. The van der Waals surface area contributed by atoms with Crippen LogP contribution < -0.4 is 0 Å². The molecule has 2 aromatic rings. The van der Waals surface area contributed by atoms with Crippen LogP contribution in [0.3, 0.4) is 0 Å². The van der Waals surface area contributed by atoms with Gasteiger partial charge in [-0.15, -0.1) is 10.2 Å². The molecule has 0 aliphatic heterocycles. The third-order valence-corrected chi connectivity index (χ3v) is 4.51. The summed E-state index contributed by atoms with van der Waals surface area (Å²) in [6.07, 6.45) is 0. The van der Waals surface area contributed by atoms with Crippen LogP contribution in [0.5, 0.6) is 0 Å². The number of carbonyl (C=O) groups is 1. The first-order valence-corrected chi connectivity index (χ1v) is 8.45. The summed E-state index contributed by atoms with van der Waals surface area (Å²) in [6, 6.07) is 8.11. The fourth-order valence-electron chi connectivity index (χ4n) is 2.32. The van der Waals surface area contributed by atoms with Gasteiger partial charge in [0.25, 0.3) is 0 Å². The molecule has 0 saturated carbocycles. The largest absolute Gasteiger partial charge is 0.343 e. The first-order valence-electron chi connectivity index (χ1n) is 7.47. The van der Waals surface area contributed by atoms with E-state index < -0.39 is 0 Å². The van der Waals surface area contributed by atoms with Crippen LogP contribution in [0, 0.1) is 13.8 Å². The fraction of sp³-hybridized carbons (Fsp3) is 0.438. The minimum Gasteiger partial charge on any atom is -0.343 e. The van der Waals surface area contributed by atoms with E-state index in [2.05, 4.69) is 23.2 Å². The summed E-state index contributed by atoms with van der Waals surface area (Å²) in [5.41, 5.74) is 2.21. The van der Waals surface area contributed by atoms with Crippen molar-refractivity contribution in [3.63, 3.8) is 0 Å². The Balaban J connectivity index is 2.21. The van der Waals surface area contributed by atoms with Gasteiger partial charge in [-0.1, -0.05) is 30.0 Å². The third-order valence-electron chi connectivity index (χ3n) is 3.59. The lowest BCUT2D eigenvalue weighted by atomic mass is 10.2. The molecule has 0 unspecified atom stereocenters. The van der Waals surface area contributed by atoms with E-state index in [1.807, 2.05) is 48.4 Å². The van der Waals surface area contributed by atoms with Gasteiger partial charge < -0.3 is 4.90 Å². The van der Waals surface area contributed by atoms with E-state index >= 15 is 0 Å². The molecule has 1 aromatic carbocycles. The van der Waals surface area contributed by atoms with Crippen LogP contribution in [-0.4, -0.2) is 44.4 Å². The predicted octanol–water partition coefficient (Wildman–Crippen LogP) is 2.84. The van der Waals surface area contributed by atoms with E-state index in [1.165, 1.54) is 11.8 Å². The van der Waals surface area contributed by atoms with Crippen molar-refractivity contribution in [2.75, 3.05) is 18.8 Å². The Kier molecular flexibility index (Phi) is 5.60. The summed E-state index contributed by atoms with van der Waals surface area (Å²) in [5.74, 6) is 1.34. The Morgan fingerprint density at radius 3 is 2.50 bits per heavy atom. The molecule has 0 aliphatic rings. The van der Waals surface area contributed by atoms with E-state index in [0.717, 1.165) is 35.3 Å². The molecule has 6 heteroatoms. The maximum atomic E-state index is 12.1. The van der Waals surface area contributed by atoms with Gasteiger partial charge in [0.15, 0.2) is 5.16 Å². The van der Waals surface area contributed by atoms with Gasteiger partial charge in [0.2, 0.25) is 5.91 Å². The highest BCUT2D eigenvalue weighted by Gasteiger charge is 2.16. The molecule has 0 fully saturated rings. The van der Waals surface area contributed by atoms with Crippen molar-refractivity contribution in [2.45, 2.75) is 32.9 Å². The molecule has 2 rings (SSSR count). The SMILES string of the molecule is CCN(CC)C(=O)CSc1nnc(C)n1-c1ccccc1C. The second kappa shape index (κ2) is 7.45. The number of aromatic nitrogens is 3. The summed E-state index contributed by atoms with van der Waals surface area (Å²) in [4.78, 5) is 14.0. The Morgan fingerprint density at radius 1 is 1.18 bits per heavy atom. The number of thioether (sulfide) groups is 1. The number of hydrogen-bond donors (Lipinski definition) is 0. The number of hydrogen-bond acceptors (Lipinski definition) is 4. The molecular formula is C16H22N4OS. The predicted molar refractivity (Wildman–Crippen MR) is 89.5 cm³/mol. The van der Waals surface area contributed by atoms with Crippen LogP contribution >= 0.6 is 11.8 Å². The molecule has 1 heterocycles. The maximum absolute atomic E-state index is 12.1. The highest BCUT2D eigenvalue weighted by Crippen LogP contribution is 2.24. The van der Waals surface area contributed by atoms with Crippen LogP contribution in [0.4, 0.5) is 0 Å². The molecule has 22 heavy (non-hydrogen) atoms. The topological polar surface area (TPSA) is 51.0 Å². The number of benzene rings is 1. The smallest absolute Gasteiger partial charge is 0.233 e. The third kappa shape index (κ3) is 3.50. The number of nitrogens with zero attached hydrogens (tertiary/aromatic N) is 4. The van der Waals surface area contributed by atoms with E-state index in [9.17, 15) is 4.79 Å². The minimum absolute atomic E-state index is 0.131. The molecule has 0 radical (unpaired) electrons. The van der Waals surface area contributed by atoms with Crippen LogP contribution in [0.1, 0.15) is 25.2 Å². The monoisotopic (exact) mass is 318 g/mol. The minimum atomic E-state index is 0.131. The second-order valence-electron chi connectivity index (χ2n) is 5.01. The first-order chi connectivity index (χ1) is 10.6. The van der Waals surface area contributed by atoms with Crippen LogP contribution in [0.25, 0.3) is 5.69 Å². The normalized spacial score (nSPS) is 10.7. The van der Waals surface area contributed by atoms with Crippen molar-refractivity contribution in [2.24, 2.45) is 0 Å². The Labute approximate surface area is 135 Å². The first kappa shape index (κ1) is 16.5. The number of aryl methyl sites for hydroxylation is 2. The van der Waals surface area contributed by atoms with Gasteiger partial charge in [0, 0.05) is 13.1 Å². The summed E-state index contributed by atoms with van der Waals surface area (Å²) in [6.45, 7) is 9.44. The van der Waals surface area contributed by atoms with Crippen molar-refractivity contribution < 1.29 is 4.79 Å². The zero-order valence-electron chi connectivity index (χ0n) is 13.5. The average molecular weight is 318 g/mol. The van der Waals surface area contributed by atoms with Crippen molar-refractivity contribution in [1.29, 1.82) is 0 Å². The van der Waals surface area contributed by atoms with E-state index in [4.69, 9.17) is 0 Å². The van der Waals surface area contributed by atoms with Gasteiger partial charge in [0.05, 0.1) is 11.4 Å². The summed E-state index contributed by atoms with van der Waals surface area (Å²) >= 11 is 1.44. The molecule has 0 saturated heterocycles. The van der Waals surface area contributed by atoms with E-state index in [1.54, 1.807) is 0 Å². The van der Waals surface area contributed by atoms with E-state index in [0.29, 0.717) is 5.75 Å². The summed E-state index contributed by atoms with van der Waals surface area (Å²) in [7, 11) is 0. The zero-order valence-corrected chi connectivity index (χ0v) is 14.4. The molecule has 5 nitrogen and oxygen atoms in total. The van der Waals surface area contributed by atoms with Gasteiger partial charge in [-0.3, -0.25) is 9.36 Å². The maximum Gasteiger partial charge on any atom is 0.233 e. The molecule has 1 aromatic heterocycles. The second-order valence-corrected chi connectivity index (χ2v) is 5.95. The number of amides is 1. The lowest BCUT2D eigenvalue weighted by Crippen LogP contribution is -2.31. The molecule has 0 atom stereocenters. The van der Waals surface area contributed by atoms with Gasteiger partial charge >= 0.3 is 0 Å². The van der Waals surface area contributed by atoms with Crippen LogP contribution in [0.2, 0.25) is 0 Å². The lowest BCUT2D eigenvalue weighted by molar-refractivity contribution is -0.127. The molecule has 0 bridgehead atoms. The molecule has 1 amide bonds. The molecule has 0 spiro atoms. The Hall–Kier alpha value is -1.82. The Bertz CT molecular complexity index is 649. The van der Waals surface area contributed by atoms with Gasteiger partial charge in [-0.25, -0.2) is 0 Å². The van der Waals surface area contributed by atoms with E-state index in [-0.39, 0.29) is 5.91 Å². The van der Waals surface area contributed by atoms with Crippen molar-refractivity contribution in [3.8, 4) is 5.69 Å². The summed E-state index contributed by atoms with van der Waals surface area (Å²) in [5, 5.41) is 9.14. The lowest BCUT2D eigenvalue weighted by Gasteiger charge is -2.18. The Morgan fingerprint density at radius 2 is 1.86 bits per heavy atom. The highest BCUT2D eigenvalue weighted by atomic mass is 32.2. The molecule has 0 N–H and O–H groups in total. The number of para-hydroxylation sites is 1. The van der Waals surface area contributed by atoms with Crippen LogP contribution in [-0.2, 0) is 4.79 Å². The van der Waals surface area contributed by atoms with Gasteiger partial charge in [0.1, 0.15) is 5.82 Å². The van der Waals surface area contributed by atoms with Crippen LogP contribution in [0.15, 0.2) is 29.4 Å². The van der Waals surface area contributed by atoms with Crippen molar-refractivity contribution >= 4 is 17.7 Å².